The summed E-state index contributed by atoms with van der Waals surface area (Å²) < 4.78 is 11.5. The van der Waals surface area contributed by atoms with Crippen LogP contribution in [-0.2, 0) is 6.61 Å². The van der Waals surface area contributed by atoms with E-state index in [9.17, 15) is 10.2 Å². The second-order valence-electron chi connectivity index (χ2n) is 6.78. The average molecular weight is 371 g/mol. The molecule has 5 nitrogen and oxygen atoms in total. The van der Waals surface area contributed by atoms with E-state index in [1.54, 1.807) is 43.8 Å². The van der Waals surface area contributed by atoms with Gasteiger partial charge in [-0.2, -0.15) is 0 Å². The molecule has 0 spiro atoms. The quantitative estimate of drug-likeness (QED) is 0.525. The van der Waals surface area contributed by atoms with Crippen molar-refractivity contribution in [3.05, 3.63) is 66.5 Å². The van der Waals surface area contributed by atoms with Crippen molar-refractivity contribution >= 4 is 10.8 Å². The Morgan fingerprint density at radius 1 is 0.929 bits per heavy atom. The van der Waals surface area contributed by atoms with E-state index in [-0.39, 0.29) is 11.5 Å². The minimum atomic E-state index is 0.186. The number of benzene rings is 3. The summed E-state index contributed by atoms with van der Waals surface area (Å²) in [7, 11) is 1.60. The number of fused-ring (bicyclic) bond motifs is 4. The molecule has 0 unspecified atom stereocenters. The summed E-state index contributed by atoms with van der Waals surface area (Å²) in [5.41, 5.74) is 4.59. The van der Waals surface area contributed by atoms with Crippen LogP contribution < -0.4 is 9.47 Å². The van der Waals surface area contributed by atoms with E-state index < -0.39 is 0 Å². The van der Waals surface area contributed by atoms with E-state index in [0.29, 0.717) is 12.4 Å². The van der Waals surface area contributed by atoms with Crippen LogP contribution in [0.25, 0.3) is 33.0 Å². The van der Waals surface area contributed by atoms with Crippen molar-refractivity contribution in [2.24, 2.45) is 0 Å². The fourth-order valence-corrected chi connectivity index (χ4v) is 3.78. The van der Waals surface area contributed by atoms with Gasteiger partial charge in [0.25, 0.3) is 0 Å². The molecule has 2 heterocycles. The molecule has 5 rings (SSSR count). The first-order chi connectivity index (χ1) is 13.6. The van der Waals surface area contributed by atoms with Crippen molar-refractivity contribution in [2.45, 2.75) is 6.61 Å². The van der Waals surface area contributed by atoms with Gasteiger partial charge in [-0.15, -0.1) is 0 Å². The molecule has 1 aromatic heterocycles. The minimum absolute atomic E-state index is 0.186. The highest BCUT2D eigenvalue weighted by Gasteiger charge is 2.24. The molecule has 0 aliphatic carbocycles. The molecule has 0 fully saturated rings. The predicted octanol–water partition coefficient (Wildman–Crippen LogP) is 4.88. The van der Waals surface area contributed by atoms with E-state index in [2.05, 4.69) is 11.1 Å². The van der Waals surface area contributed by atoms with E-state index in [4.69, 9.17) is 9.47 Å². The lowest BCUT2D eigenvalue weighted by Gasteiger charge is -2.25. The largest absolute Gasteiger partial charge is 0.508 e. The standard InChI is InChI=1S/C23H17NO4/c1-27-18-7-14(10-24-11-18)22-20-9-17(26)3-2-13(20)8-21-19-5-4-16(25)6-15(19)12-28-23(21)22/h2-11,25-26H,12H2,1H3. The van der Waals surface area contributed by atoms with Gasteiger partial charge in [-0.3, -0.25) is 4.98 Å². The van der Waals surface area contributed by atoms with Crippen LogP contribution in [-0.4, -0.2) is 22.3 Å². The summed E-state index contributed by atoms with van der Waals surface area (Å²) in [6.45, 7) is 0.353. The van der Waals surface area contributed by atoms with Crippen molar-refractivity contribution in [2.75, 3.05) is 7.11 Å². The lowest BCUT2D eigenvalue weighted by molar-refractivity contribution is 0.303. The molecule has 0 radical (unpaired) electrons. The summed E-state index contributed by atoms with van der Waals surface area (Å²) in [5, 5.41) is 21.8. The summed E-state index contributed by atoms with van der Waals surface area (Å²) in [6, 6.07) is 14.6. The Balaban J connectivity index is 1.88. The van der Waals surface area contributed by atoms with Crippen LogP contribution in [0.5, 0.6) is 23.0 Å². The first kappa shape index (κ1) is 16.4. The number of ether oxygens (including phenoxy) is 2. The summed E-state index contributed by atoms with van der Waals surface area (Å²) in [6.07, 6.45) is 3.41. The van der Waals surface area contributed by atoms with Gasteiger partial charge in [-0.1, -0.05) is 12.1 Å². The maximum atomic E-state index is 10.1. The number of phenols is 2. The number of pyridine rings is 1. The second kappa shape index (κ2) is 6.16. The Hall–Kier alpha value is -3.73. The third-order valence-electron chi connectivity index (χ3n) is 5.07. The highest BCUT2D eigenvalue weighted by atomic mass is 16.5. The fraction of sp³-hybridized carbons (Fsp3) is 0.0870. The normalized spacial score (nSPS) is 12.2. The number of aromatic hydroxyl groups is 2. The molecule has 2 N–H and O–H groups in total. The van der Waals surface area contributed by atoms with Crippen LogP contribution in [0.1, 0.15) is 5.56 Å². The summed E-state index contributed by atoms with van der Waals surface area (Å²) in [4.78, 5) is 4.29. The van der Waals surface area contributed by atoms with Crippen LogP contribution in [0.15, 0.2) is 60.9 Å². The zero-order valence-corrected chi connectivity index (χ0v) is 15.1. The SMILES string of the molecule is COc1cncc(-c2c3c(cc4ccc(O)cc24)-c2ccc(O)cc2CO3)c1. The first-order valence-electron chi connectivity index (χ1n) is 8.88. The molecule has 0 saturated heterocycles. The number of nitrogens with zero attached hydrogens (tertiary/aromatic N) is 1. The molecule has 4 aromatic rings. The third-order valence-corrected chi connectivity index (χ3v) is 5.07. The summed E-state index contributed by atoms with van der Waals surface area (Å²) in [5.74, 6) is 1.77. The lowest BCUT2D eigenvalue weighted by Crippen LogP contribution is -2.07. The highest BCUT2D eigenvalue weighted by Crippen LogP contribution is 2.48. The highest BCUT2D eigenvalue weighted by molar-refractivity contribution is 6.05. The van der Waals surface area contributed by atoms with Gasteiger partial charge in [-0.25, -0.2) is 0 Å². The fourth-order valence-electron chi connectivity index (χ4n) is 3.78. The van der Waals surface area contributed by atoms with Crippen LogP contribution in [0, 0.1) is 0 Å². The smallest absolute Gasteiger partial charge is 0.137 e. The van der Waals surface area contributed by atoms with Crippen LogP contribution in [0.3, 0.4) is 0 Å². The molecule has 0 saturated carbocycles. The van der Waals surface area contributed by atoms with E-state index in [0.717, 1.165) is 44.3 Å². The van der Waals surface area contributed by atoms with Gasteiger partial charge in [0.1, 0.15) is 29.6 Å². The van der Waals surface area contributed by atoms with Gasteiger partial charge < -0.3 is 19.7 Å². The Labute approximate surface area is 161 Å². The first-order valence-corrected chi connectivity index (χ1v) is 8.88. The van der Waals surface area contributed by atoms with Crippen molar-refractivity contribution in [1.82, 2.24) is 4.98 Å². The molecule has 138 valence electrons. The maximum Gasteiger partial charge on any atom is 0.137 e. The Morgan fingerprint density at radius 3 is 2.61 bits per heavy atom. The molecule has 1 aliphatic heterocycles. The number of rotatable bonds is 2. The number of aromatic nitrogens is 1. The Morgan fingerprint density at radius 2 is 1.75 bits per heavy atom. The Kier molecular flexibility index (Phi) is 3.62. The molecule has 0 bridgehead atoms. The lowest BCUT2D eigenvalue weighted by atomic mass is 9.89. The molecular weight excluding hydrogens is 354 g/mol. The molecule has 28 heavy (non-hydrogen) atoms. The van der Waals surface area contributed by atoms with Crippen molar-refractivity contribution in [1.29, 1.82) is 0 Å². The average Bonchev–Trinajstić information content (AvgIpc) is 2.71. The van der Waals surface area contributed by atoms with Gasteiger partial charge in [0.15, 0.2) is 0 Å². The van der Waals surface area contributed by atoms with Gasteiger partial charge in [-0.05, 0) is 52.7 Å². The second-order valence-corrected chi connectivity index (χ2v) is 6.78. The van der Waals surface area contributed by atoms with E-state index in [1.807, 2.05) is 18.2 Å². The van der Waals surface area contributed by atoms with Crippen LogP contribution in [0.4, 0.5) is 0 Å². The minimum Gasteiger partial charge on any atom is -0.508 e. The molecule has 1 aliphatic rings. The van der Waals surface area contributed by atoms with Crippen LogP contribution >= 0.6 is 0 Å². The zero-order chi connectivity index (χ0) is 19.3. The molecule has 3 aromatic carbocycles. The molecule has 0 atom stereocenters. The molecule has 0 amide bonds. The van der Waals surface area contributed by atoms with Gasteiger partial charge in [0.2, 0.25) is 0 Å². The number of phenolic OH excluding ortho intramolecular Hbond substituents is 2. The Bertz CT molecular complexity index is 1230. The van der Waals surface area contributed by atoms with Crippen LogP contribution in [0.2, 0.25) is 0 Å². The predicted molar refractivity (Wildman–Crippen MR) is 107 cm³/mol. The van der Waals surface area contributed by atoms with Crippen molar-refractivity contribution in [3.63, 3.8) is 0 Å². The summed E-state index contributed by atoms with van der Waals surface area (Å²) >= 11 is 0. The maximum absolute atomic E-state index is 10.1. The molecular formula is C23H17NO4. The third kappa shape index (κ3) is 2.52. The van der Waals surface area contributed by atoms with Gasteiger partial charge in [0.05, 0.1) is 13.3 Å². The van der Waals surface area contributed by atoms with Crippen molar-refractivity contribution < 1.29 is 19.7 Å². The van der Waals surface area contributed by atoms with Gasteiger partial charge in [0, 0.05) is 28.5 Å². The number of hydrogen-bond donors (Lipinski definition) is 2. The monoisotopic (exact) mass is 371 g/mol. The zero-order valence-electron chi connectivity index (χ0n) is 15.1. The number of methoxy groups -OCH3 is 1. The van der Waals surface area contributed by atoms with Gasteiger partial charge >= 0.3 is 0 Å². The van der Waals surface area contributed by atoms with Crippen molar-refractivity contribution in [3.8, 4) is 45.3 Å². The number of hydrogen-bond acceptors (Lipinski definition) is 5. The topological polar surface area (TPSA) is 71.8 Å². The van der Waals surface area contributed by atoms with E-state index in [1.165, 1.54) is 0 Å². The van der Waals surface area contributed by atoms with E-state index >= 15 is 0 Å². The molecule has 5 heteroatoms.